The summed E-state index contributed by atoms with van der Waals surface area (Å²) in [6.07, 6.45) is 4.62. The van der Waals surface area contributed by atoms with Gasteiger partial charge in [-0.1, -0.05) is 17.7 Å². The summed E-state index contributed by atoms with van der Waals surface area (Å²) >= 11 is 0. The molecule has 0 spiro atoms. The van der Waals surface area contributed by atoms with Crippen molar-refractivity contribution in [2.75, 3.05) is 13.2 Å². The van der Waals surface area contributed by atoms with E-state index in [4.69, 9.17) is 10.5 Å². The second-order valence-corrected chi connectivity index (χ2v) is 4.78. The first kappa shape index (κ1) is 13.6. The first-order valence-corrected chi connectivity index (χ1v) is 6.57. The molecule has 0 fully saturated rings. The Morgan fingerprint density at radius 3 is 2.63 bits per heavy atom. The summed E-state index contributed by atoms with van der Waals surface area (Å²) in [5, 5.41) is 0. The minimum atomic E-state index is 0.241. The van der Waals surface area contributed by atoms with Crippen molar-refractivity contribution in [2.45, 2.75) is 19.3 Å². The Labute approximate surface area is 114 Å². The van der Waals surface area contributed by atoms with E-state index in [0.29, 0.717) is 13.2 Å². The first-order chi connectivity index (χ1) is 9.20. The van der Waals surface area contributed by atoms with Crippen LogP contribution in [0, 0.1) is 6.92 Å². The van der Waals surface area contributed by atoms with E-state index in [1.807, 2.05) is 29.9 Å². The van der Waals surface area contributed by atoms with Crippen LogP contribution in [0.1, 0.15) is 23.7 Å². The van der Waals surface area contributed by atoms with E-state index in [0.717, 1.165) is 18.0 Å². The second-order valence-electron chi connectivity index (χ2n) is 4.78. The fourth-order valence-electron chi connectivity index (χ4n) is 2.08. The number of aromatic nitrogens is 2. The highest BCUT2D eigenvalue weighted by Crippen LogP contribution is 2.17. The van der Waals surface area contributed by atoms with Crippen molar-refractivity contribution >= 4 is 0 Å². The molecule has 0 saturated heterocycles. The molecular weight excluding hydrogens is 238 g/mol. The number of ether oxygens (including phenoxy) is 1. The van der Waals surface area contributed by atoms with Crippen molar-refractivity contribution in [3.05, 3.63) is 48.0 Å². The standard InChI is InChI=1S/C15H21N3O/c1-12-3-5-14(6-4-12)19-10-7-13(11-16)15-17-8-9-18(15)2/h3-6,8-9,13H,7,10-11,16H2,1-2H3. The third-order valence-electron chi connectivity index (χ3n) is 3.26. The molecule has 102 valence electrons. The van der Waals surface area contributed by atoms with Crippen LogP contribution in [0.3, 0.4) is 0 Å². The van der Waals surface area contributed by atoms with E-state index in [-0.39, 0.29) is 5.92 Å². The molecule has 0 amide bonds. The quantitative estimate of drug-likeness (QED) is 0.865. The minimum Gasteiger partial charge on any atom is -0.494 e. The topological polar surface area (TPSA) is 53.1 Å². The summed E-state index contributed by atoms with van der Waals surface area (Å²) in [6, 6.07) is 8.09. The van der Waals surface area contributed by atoms with Crippen LogP contribution < -0.4 is 10.5 Å². The smallest absolute Gasteiger partial charge is 0.119 e. The van der Waals surface area contributed by atoms with E-state index < -0.39 is 0 Å². The number of nitrogens with zero attached hydrogens (tertiary/aromatic N) is 2. The maximum absolute atomic E-state index is 5.82. The molecule has 1 unspecified atom stereocenters. The van der Waals surface area contributed by atoms with Gasteiger partial charge >= 0.3 is 0 Å². The predicted molar refractivity (Wildman–Crippen MR) is 76.3 cm³/mol. The summed E-state index contributed by atoms with van der Waals surface area (Å²) in [7, 11) is 1.99. The van der Waals surface area contributed by atoms with Crippen LogP contribution >= 0.6 is 0 Å². The fourth-order valence-corrected chi connectivity index (χ4v) is 2.08. The van der Waals surface area contributed by atoms with Gasteiger partial charge in [-0.2, -0.15) is 0 Å². The lowest BCUT2D eigenvalue weighted by molar-refractivity contribution is 0.295. The normalized spacial score (nSPS) is 12.4. The van der Waals surface area contributed by atoms with Gasteiger partial charge in [0.15, 0.2) is 0 Å². The Hall–Kier alpha value is -1.81. The van der Waals surface area contributed by atoms with Crippen LogP contribution in [0.25, 0.3) is 0 Å². The van der Waals surface area contributed by atoms with Crippen LogP contribution in [0.15, 0.2) is 36.7 Å². The van der Waals surface area contributed by atoms with Gasteiger partial charge in [0, 0.05) is 31.9 Å². The number of hydrogen-bond donors (Lipinski definition) is 1. The van der Waals surface area contributed by atoms with Gasteiger partial charge in [0.25, 0.3) is 0 Å². The molecule has 1 atom stereocenters. The van der Waals surface area contributed by atoms with Crippen LogP contribution in [0.2, 0.25) is 0 Å². The zero-order valence-electron chi connectivity index (χ0n) is 11.5. The molecule has 4 heteroatoms. The molecule has 2 N–H and O–H groups in total. The van der Waals surface area contributed by atoms with Crippen LogP contribution in [-0.4, -0.2) is 22.7 Å². The number of imidazole rings is 1. The zero-order chi connectivity index (χ0) is 13.7. The van der Waals surface area contributed by atoms with E-state index in [1.165, 1.54) is 5.56 Å². The van der Waals surface area contributed by atoms with E-state index in [9.17, 15) is 0 Å². The van der Waals surface area contributed by atoms with E-state index >= 15 is 0 Å². The number of aryl methyl sites for hydroxylation is 2. The third-order valence-corrected chi connectivity index (χ3v) is 3.26. The zero-order valence-corrected chi connectivity index (χ0v) is 11.5. The van der Waals surface area contributed by atoms with Crippen molar-refractivity contribution in [3.8, 4) is 5.75 Å². The number of nitrogens with two attached hydrogens (primary N) is 1. The molecule has 0 radical (unpaired) electrons. The molecule has 0 aliphatic rings. The molecule has 1 heterocycles. The highest BCUT2D eigenvalue weighted by Gasteiger charge is 2.14. The number of benzene rings is 1. The summed E-state index contributed by atoms with van der Waals surface area (Å²) < 4.78 is 7.76. The van der Waals surface area contributed by atoms with Crippen LogP contribution in [-0.2, 0) is 7.05 Å². The molecule has 0 bridgehead atoms. The van der Waals surface area contributed by atoms with Crippen molar-refractivity contribution in [2.24, 2.45) is 12.8 Å². The van der Waals surface area contributed by atoms with E-state index in [2.05, 4.69) is 24.0 Å². The third kappa shape index (κ3) is 3.58. The molecule has 4 nitrogen and oxygen atoms in total. The fraction of sp³-hybridized carbons (Fsp3) is 0.400. The number of rotatable bonds is 6. The molecule has 2 rings (SSSR count). The molecule has 19 heavy (non-hydrogen) atoms. The lowest BCUT2D eigenvalue weighted by Gasteiger charge is -2.15. The molecule has 0 saturated carbocycles. The molecule has 0 aliphatic heterocycles. The van der Waals surface area contributed by atoms with Gasteiger partial charge in [0.1, 0.15) is 11.6 Å². The van der Waals surface area contributed by atoms with Gasteiger partial charge < -0.3 is 15.0 Å². The summed E-state index contributed by atoms with van der Waals surface area (Å²) in [6.45, 7) is 3.30. The van der Waals surface area contributed by atoms with Crippen molar-refractivity contribution in [1.29, 1.82) is 0 Å². The molecule has 0 aliphatic carbocycles. The van der Waals surface area contributed by atoms with Gasteiger partial charge in [0.05, 0.1) is 6.61 Å². The maximum Gasteiger partial charge on any atom is 0.119 e. The lowest BCUT2D eigenvalue weighted by atomic mass is 10.1. The average molecular weight is 259 g/mol. The molecule has 2 aromatic rings. The number of hydrogen-bond acceptors (Lipinski definition) is 3. The Balaban J connectivity index is 1.87. The SMILES string of the molecule is Cc1ccc(OCCC(CN)c2nccn2C)cc1. The monoisotopic (exact) mass is 259 g/mol. The molecule has 1 aromatic heterocycles. The highest BCUT2D eigenvalue weighted by molar-refractivity contribution is 5.26. The predicted octanol–water partition coefficient (Wildman–Crippen LogP) is 2.24. The van der Waals surface area contributed by atoms with Crippen molar-refractivity contribution in [3.63, 3.8) is 0 Å². The summed E-state index contributed by atoms with van der Waals surface area (Å²) in [5.41, 5.74) is 7.06. The molecule has 1 aromatic carbocycles. The van der Waals surface area contributed by atoms with Crippen LogP contribution in [0.4, 0.5) is 0 Å². The Kier molecular flexibility index (Phi) is 4.58. The maximum atomic E-state index is 5.82. The van der Waals surface area contributed by atoms with Crippen molar-refractivity contribution in [1.82, 2.24) is 9.55 Å². The highest BCUT2D eigenvalue weighted by atomic mass is 16.5. The molecular formula is C15H21N3O. The lowest BCUT2D eigenvalue weighted by Crippen LogP contribution is -2.18. The Morgan fingerprint density at radius 2 is 2.05 bits per heavy atom. The van der Waals surface area contributed by atoms with E-state index in [1.54, 1.807) is 6.20 Å². The largest absolute Gasteiger partial charge is 0.494 e. The van der Waals surface area contributed by atoms with Gasteiger partial charge in [-0.25, -0.2) is 4.98 Å². The van der Waals surface area contributed by atoms with Crippen LogP contribution in [0.5, 0.6) is 5.75 Å². The second kappa shape index (κ2) is 6.38. The van der Waals surface area contributed by atoms with Gasteiger partial charge in [-0.05, 0) is 25.5 Å². The summed E-state index contributed by atoms with van der Waals surface area (Å²) in [4.78, 5) is 4.35. The van der Waals surface area contributed by atoms with Gasteiger partial charge in [0.2, 0.25) is 0 Å². The minimum absolute atomic E-state index is 0.241. The Morgan fingerprint density at radius 1 is 1.32 bits per heavy atom. The van der Waals surface area contributed by atoms with Crippen molar-refractivity contribution < 1.29 is 4.74 Å². The first-order valence-electron chi connectivity index (χ1n) is 6.57. The van der Waals surface area contributed by atoms with Gasteiger partial charge in [-0.15, -0.1) is 0 Å². The average Bonchev–Trinajstić information content (AvgIpc) is 2.83. The van der Waals surface area contributed by atoms with Gasteiger partial charge in [-0.3, -0.25) is 0 Å². The Bertz CT molecular complexity index is 504. The summed E-state index contributed by atoms with van der Waals surface area (Å²) in [5.74, 6) is 2.17.